The van der Waals surface area contributed by atoms with E-state index in [2.05, 4.69) is 5.32 Å². The Hall–Kier alpha value is -3.24. The Bertz CT molecular complexity index is 1220. The van der Waals surface area contributed by atoms with Crippen LogP contribution in [0.2, 0.25) is 0 Å². The van der Waals surface area contributed by atoms with E-state index >= 15 is 0 Å². The second-order valence-electron chi connectivity index (χ2n) is 7.02. The molecule has 32 heavy (non-hydrogen) atoms. The molecule has 3 aromatic rings. The van der Waals surface area contributed by atoms with E-state index in [1.165, 1.54) is 24.3 Å². The van der Waals surface area contributed by atoms with Crippen LogP contribution in [0.4, 0.5) is 13.2 Å². The van der Waals surface area contributed by atoms with E-state index < -0.39 is 34.3 Å². The third-order valence-electron chi connectivity index (χ3n) is 4.71. The molecule has 0 aliphatic carbocycles. The molecular weight excluding hydrogens is 445 g/mol. The molecule has 0 bridgehead atoms. The molecule has 0 saturated carbocycles. The molecule has 1 amide bonds. The van der Waals surface area contributed by atoms with Gasteiger partial charge in [0.1, 0.15) is 5.56 Å². The van der Waals surface area contributed by atoms with Gasteiger partial charge in [-0.2, -0.15) is 13.2 Å². The first-order valence-corrected chi connectivity index (χ1v) is 10.6. The van der Waals surface area contributed by atoms with E-state index in [0.29, 0.717) is 16.8 Å². The van der Waals surface area contributed by atoms with Gasteiger partial charge in [-0.1, -0.05) is 41.4 Å². The molecule has 10 heteroatoms. The number of amides is 1. The van der Waals surface area contributed by atoms with Gasteiger partial charge >= 0.3 is 6.18 Å². The van der Waals surface area contributed by atoms with Crippen LogP contribution in [0.15, 0.2) is 65.5 Å². The van der Waals surface area contributed by atoms with Gasteiger partial charge in [0.25, 0.3) is 11.5 Å². The van der Waals surface area contributed by atoms with Gasteiger partial charge < -0.3 is 9.87 Å². The van der Waals surface area contributed by atoms with Gasteiger partial charge in [0.05, 0.1) is 5.56 Å². The minimum Gasteiger partial charge on any atom is -0.772 e. The predicted molar refractivity (Wildman–Crippen MR) is 112 cm³/mol. The lowest BCUT2D eigenvalue weighted by Crippen LogP contribution is -2.33. The third kappa shape index (κ3) is 5.51. The largest absolute Gasteiger partial charge is 0.772 e. The van der Waals surface area contributed by atoms with Gasteiger partial charge in [0, 0.05) is 23.7 Å². The Kier molecular flexibility index (Phi) is 6.95. The Morgan fingerprint density at radius 2 is 1.72 bits per heavy atom. The smallest absolute Gasteiger partial charge is 0.416 e. The van der Waals surface area contributed by atoms with E-state index in [4.69, 9.17) is 0 Å². The van der Waals surface area contributed by atoms with Crippen LogP contribution in [0.1, 0.15) is 32.7 Å². The number of aryl methyl sites for hydroxylation is 1. The lowest BCUT2D eigenvalue weighted by atomic mass is 10.1. The van der Waals surface area contributed by atoms with E-state index in [-0.39, 0.29) is 23.5 Å². The first-order chi connectivity index (χ1) is 15.1. The molecule has 0 aliphatic heterocycles. The first kappa shape index (κ1) is 23.4. The van der Waals surface area contributed by atoms with Gasteiger partial charge in [-0.15, -0.1) is 0 Å². The third-order valence-corrected chi connectivity index (χ3v) is 5.28. The molecule has 168 valence electrons. The average Bonchev–Trinajstić information content (AvgIpc) is 2.72. The van der Waals surface area contributed by atoms with Crippen LogP contribution in [-0.4, -0.2) is 19.2 Å². The number of halogens is 3. The lowest BCUT2D eigenvalue weighted by molar-refractivity contribution is -0.137. The number of pyridine rings is 1. The summed E-state index contributed by atoms with van der Waals surface area (Å²) < 4.78 is 61.7. The van der Waals surface area contributed by atoms with Gasteiger partial charge in [-0.3, -0.25) is 18.4 Å². The standard InChI is InChI=1S/C22H19F3N2O4S/c1-14-5-10-19(20(28)26-12-15-6-8-16(9-7-15)13-32(30)31)21(29)27(14)18-4-2-3-17(11-18)22(23,24)25/h2-11H,12-13H2,1H3,(H,26,28)(H,30,31)/p-1. The summed E-state index contributed by atoms with van der Waals surface area (Å²) in [5, 5.41) is 2.60. The summed E-state index contributed by atoms with van der Waals surface area (Å²) in [5.41, 5.74) is -0.206. The predicted octanol–water partition coefficient (Wildman–Crippen LogP) is 3.47. The fourth-order valence-corrected chi connectivity index (χ4v) is 3.58. The van der Waals surface area contributed by atoms with Crippen molar-refractivity contribution < 1.29 is 26.7 Å². The zero-order valence-corrected chi connectivity index (χ0v) is 17.6. The number of nitrogens with one attached hydrogen (secondary N) is 1. The van der Waals surface area contributed by atoms with Crippen LogP contribution in [0.25, 0.3) is 5.69 Å². The second-order valence-corrected chi connectivity index (χ2v) is 7.92. The fraction of sp³-hybridized carbons (Fsp3) is 0.182. The molecule has 3 rings (SSSR count). The minimum absolute atomic E-state index is 0.00308. The summed E-state index contributed by atoms with van der Waals surface area (Å²) in [6.45, 7) is 1.64. The molecule has 6 nitrogen and oxygen atoms in total. The number of carbonyl (C=O) groups is 1. The molecule has 0 fully saturated rings. The van der Waals surface area contributed by atoms with E-state index in [0.717, 1.165) is 16.7 Å². The quantitative estimate of drug-likeness (QED) is 0.567. The normalized spacial score (nSPS) is 12.4. The van der Waals surface area contributed by atoms with Gasteiger partial charge in [0.2, 0.25) is 0 Å². The number of alkyl halides is 3. The molecule has 1 unspecified atom stereocenters. The maximum absolute atomic E-state index is 13.1. The van der Waals surface area contributed by atoms with Crippen molar-refractivity contribution in [2.75, 3.05) is 0 Å². The van der Waals surface area contributed by atoms with Crippen molar-refractivity contribution in [1.82, 2.24) is 9.88 Å². The lowest BCUT2D eigenvalue weighted by Gasteiger charge is -2.14. The number of rotatable bonds is 6. The van der Waals surface area contributed by atoms with E-state index in [9.17, 15) is 31.5 Å². The molecule has 0 aliphatic rings. The highest BCUT2D eigenvalue weighted by Crippen LogP contribution is 2.30. The van der Waals surface area contributed by atoms with Gasteiger partial charge in [-0.25, -0.2) is 0 Å². The first-order valence-electron chi connectivity index (χ1n) is 9.38. The highest BCUT2D eigenvalue weighted by Gasteiger charge is 2.30. The van der Waals surface area contributed by atoms with Crippen molar-refractivity contribution in [2.45, 2.75) is 25.4 Å². The van der Waals surface area contributed by atoms with Gasteiger partial charge in [-0.05, 0) is 48.4 Å². The van der Waals surface area contributed by atoms with Crippen LogP contribution in [0, 0.1) is 6.92 Å². The molecule has 0 radical (unpaired) electrons. The molecule has 0 spiro atoms. The Labute approximate surface area is 184 Å². The summed E-state index contributed by atoms with van der Waals surface area (Å²) in [7, 11) is 0. The van der Waals surface area contributed by atoms with Crippen LogP contribution in [-0.2, 0) is 29.6 Å². The Morgan fingerprint density at radius 3 is 2.34 bits per heavy atom. The highest BCUT2D eigenvalue weighted by molar-refractivity contribution is 7.78. The fourth-order valence-electron chi connectivity index (χ4n) is 3.11. The summed E-state index contributed by atoms with van der Waals surface area (Å²) in [6, 6.07) is 13.7. The van der Waals surface area contributed by atoms with Gasteiger partial charge in [0.15, 0.2) is 0 Å². The molecule has 1 aromatic heterocycles. The van der Waals surface area contributed by atoms with Crippen molar-refractivity contribution in [2.24, 2.45) is 0 Å². The molecule has 1 atom stereocenters. The average molecular weight is 463 g/mol. The minimum atomic E-state index is -4.57. The van der Waals surface area contributed by atoms with Crippen LogP contribution >= 0.6 is 0 Å². The number of nitrogens with zero attached hydrogens (tertiary/aromatic N) is 1. The van der Waals surface area contributed by atoms with E-state index in [1.54, 1.807) is 31.2 Å². The zero-order chi connectivity index (χ0) is 23.5. The molecule has 1 heterocycles. The summed E-state index contributed by atoms with van der Waals surface area (Å²) in [5.74, 6) is -0.800. The Balaban J connectivity index is 1.83. The van der Waals surface area contributed by atoms with Crippen molar-refractivity contribution >= 4 is 17.0 Å². The van der Waals surface area contributed by atoms with Crippen LogP contribution in [0.3, 0.4) is 0 Å². The number of aromatic nitrogens is 1. The second kappa shape index (κ2) is 9.49. The number of hydrogen-bond donors (Lipinski definition) is 1. The molecule has 1 N–H and O–H groups in total. The maximum Gasteiger partial charge on any atom is 0.416 e. The number of hydrogen-bond acceptors (Lipinski definition) is 4. The molecule has 0 saturated heterocycles. The SMILES string of the molecule is Cc1ccc(C(=O)NCc2ccc(CS(=O)[O-])cc2)c(=O)n1-c1cccc(C(F)(F)F)c1. The number of carbonyl (C=O) groups excluding carboxylic acids is 1. The highest BCUT2D eigenvalue weighted by atomic mass is 32.2. The Morgan fingerprint density at radius 1 is 1.06 bits per heavy atom. The van der Waals surface area contributed by atoms with Crippen molar-refractivity contribution in [3.8, 4) is 5.69 Å². The summed E-state index contributed by atoms with van der Waals surface area (Å²) in [4.78, 5) is 25.5. The zero-order valence-electron chi connectivity index (χ0n) is 16.8. The van der Waals surface area contributed by atoms with Crippen LogP contribution < -0.4 is 10.9 Å². The van der Waals surface area contributed by atoms with Crippen molar-refractivity contribution in [3.63, 3.8) is 0 Å². The maximum atomic E-state index is 13.1. The van der Waals surface area contributed by atoms with E-state index in [1.807, 2.05) is 0 Å². The van der Waals surface area contributed by atoms with Crippen LogP contribution in [0.5, 0.6) is 0 Å². The topological polar surface area (TPSA) is 91.2 Å². The van der Waals surface area contributed by atoms with Crippen molar-refractivity contribution in [3.05, 3.63) is 99.0 Å². The number of benzene rings is 2. The van der Waals surface area contributed by atoms with Crippen molar-refractivity contribution in [1.29, 1.82) is 0 Å². The molecular formula is C22H18F3N2O4S-. The monoisotopic (exact) mass is 463 g/mol. The molecule has 2 aromatic carbocycles. The summed E-state index contributed by atoms with van der Waals surface area (Å²) in [6.07, 6.45) is -4.57. The summed E-state index contributed by atoms with van der Waals surface area (Å²) >= 11 is -2.21.